The van der Waals surface area contributed by atoms with Gasteiger partial charge in [0.05, 0.1) is 8.46 Å². The molecule has 16 heavy (non-hydrogen) atoms. The van der Waals surface area contributed by atoms with E-state index in [1.807, 2.05) is 0 Å². The highest BCUT2D eigenvalue weighted by atomic mass is 31.4. The van der Waals surface area contributed by atoms with E-state index < -0.39 is 0 Å². The Bertz CT molecular complexity index is 386. The molecule has 0 N–H and O–H groups in total. The molecule has 0 saturated carbocycles. The summed E-state index contributed by atoms with van der Waals surface area (Å²) in [7, 11) is -0.421. The lowest BCUT2D eigenvalue weighted by atomic mass is 10.4. The number of rotatable bonds is 3. The zero-order chi connectivity index (χ0) is 11.4. The normalized spacial score (nSPS) is 11.0. The predicted molar refractivity (Wildman–Crippen MR) is 76.6 cm³/mol. The molecule has 0 spiro atoms. The second kappa shape index (κ2) is 5.43. The minimum Gasteiger partial charge on any atom is -0.0665 e. The van der Waals surface area contributed by atoms with Crippen molar-refractivity contribution >= 4 is 26.5 Å². The highest BCUT2D eigenvalue weighted by Gasteiger charge is 2.17. The van der Waals surface area contributed by atoms with Crippen LogP contribution in [0.1, 0.15) is 0 Å². The summed E-state index contributed by atoms with van der Waals surface area (Å²) in [6.07, 6.45) is 0. The first-order valence-corrected chi connectivity index (χ1v) is 10.2. The summed E-state index contributed by atoms with van der Waals surface area (Å²) in [6, 6.07) is 21.9. The largest absolute Gasteiger partial charge is 0.0849 e. The molecular formula is C14H16PSi. The third kappa shape index (κ3) is 2.61. The first kappa shape index (κ1) is 11.6. The van der Waals surface area contributed by atoms with Crippen LogP contribution in [0.25, 0.3) is 0 Å². The molecule has 0 atom stereocenters. The van der Waals surface area contributed by atoms with Gasteiger partial charge in [-0.1, -0.05) is 81.2 Å². The zero-order valence-corrected chi connectivity index (χ0v) is 11.6. The average molecular weight is 243 g/mol. The summed E-state index contributed by atoms with van der Waals surface area (Å²) >= 11 is 0. The van der Waals surface area contributed by atoms with Crippen LogP contribution < -0.4 is 10.6 Å². The molecule has 2 aromatic carbocycles. The van der Waals surface area contributed by atoms with Crippen LogP contribution in [0.3, 0.4) is 0 Å². The first-order valence-electron chi connectivity index (χ1n) is 5.49. The van der Waals surface area contributed by atoms with Crippen LogP contribution in [0.4, 0.5) is 0 Å². The lowest BCUT2D eigenvalue weighted by Crippen LogP contribution is -2.19. The summed E-state index contributed by atoms with van der Waals surface area (Å²) < 4.78 is 0. The van der Waals surface area contributed by atoms with E-state index in [2.05, 4.69) is 73.8 Å². The lowest BCUT2D eigenvalue weighted by molar-refractivity contribution is 1.76. The number of hydrogen-bond donors (Lipinski definition) is 0. The molecule has 81 valence electrons. The van der Waals surface area contributed by atoms with Gasteiger partial charge in [0.1, 0.15) is 0 Å². The minimum absolute atomic E-state index is 0.108. The maximum atomic E-state index is 2.41. The zero-order valence-electron chi connectivity index (χ0n) is 9.72. The van der Waals surface area contributed by atoms with Crippen molar-refractivity contribution in [2.45, 2.75) is 13.1 Å². The van der Waals surface area contributed by atoms with E-state index in [0.29, 0.717) is 0 Å². The molecule has 0 amide bonds. The minimum atomic E-state index is -0.313. The fourth-order valence-electron chi connectivity index (χ4n) is 1.82. The molecule has 0 saturated heterocycles. The quantitative estimate of drug-likeness (QED) is 0.573. The smallest absolute Gasteiger partial charge is 0.0665 e. The Kier molecular flexibility index (Phi) is 3.92. The van der Waals surface area contributed by atoms with Crippen molar-refractivity contribution in [3.05, 3.63) is 60.7 Å². The van der Waals surface area contributed by atoms with Crippen LogP contribution in [-0.2, 0) is 0 Å². The van der Waals surface area contributed by atoms with Crippen molar-refractivity contribution in [1.29, 1.82) is 0 Å². The molecule has 0 nitrogen and oxygen atoms in total. The van der Waals surface area contributed by atoms with Gasteiger partial charge in [-0.25, -0.2) is 0 Å². The monoisotopic (exact) mass is 243 g/mol. The van der Waals surface area contributed by atoms with Crippen LogP contribution in [0.2, 0.25) is 13.1 Å². The van der Waals surface area contributed by atoms with Crippen molar-refractivity contribution in [2.24, 2.45) is 0 Å². The Morgan fingerprint density at radius 3 is 1.38 bits per heavy atom. The highest BCUT2D eigenvalue weighted by molar-refractivity contribution is 8.00. The van der Waals surface area contributed by atoms with Gasteiger partial charge < -0.3 is 0 Å². The van der Waals surface area contributed by atoms with E-state index in [4.69, 9.17) is 0 Å². The van der Waals surface area contributed by atoms with Crippen molar-refractivity contribution in [3.8, 4) is 0 Å². The Labute approximate surface area is 101 Å². The van der Waals surface area contributed by atoms with Gasteiger partial charge in [0.25, 0.3) is 0 Å². The van der Waals surface area contributed by atoms with Crippen LogP contribution in [0.5, 0.6) is 0 Å². The van der Waals surface area contributed by atoms with Gasteiger partial charge >= 0.3 is 0 Å². The molecule has 0 aliphatic heterocycles. The third-order valence-electron chi connectivity index (χ3n) is 2.48. The van der Waals surface area contributed by atoms with Gasteiger partial charge in [-0.3, -0.25) is 0 Å². The second-order valence-electron chi connectivity index (χ2n) is 3.95. The fraction of sp³-hybridized carbons (Fsp3) is 0.143. The van der Waals surface area contributed by atoms with E-state index in [1.165, 1.54) is 10.6 Å². The third-order valence-corrected chi connectivity index (χ3v) is 9.23. The van der Waals surface area contributed by atoms with Gasteiger partial charge in [0.2, 0.25) is 0 Å². The second-order valence-corrected chi connectivity index (χ2v) is 11.6. The van der Waals surface area contributed by atoms with Gasteiger partial charge in [-0.2, -0.15) is 0 Å². The fourth-order valence-corrected chi connectivity index (χ4v) is 8.08. The molecule has 2 aromatic rings. The van der Waals surface area contributed by atoms with Crippen LogP contribution in [0, 0.1) is 0 Å². The Hall–Kier alpha value is -0.913. The van der Waals surface area contributed by atoms with E-state index in [-0.39, 0.29) is 15.9 Å². The molecule has 0 aromatic heterocycles. The summed E-state index contributed by atoms with van der Waals surface area (Å²) in [4.78, 5) is 0. The summed E-state index contributed by atoms with van der Waals surface area (Å²) in [6.45, 7) is 4.83. The van der Waals surface area contributed by atoms with Crippen molar-refractivity contribution < 1.29 is 0 Å². The average Bonchev–Trinajstić information content (AvgIpc) is 2.31. The maximum Gasteiger partial charge on any atom is 0.0849 e. The molecular weight excluding hydrogens is 227 g/mol. The molecule has 0 aliphatic carbocycles. The van der Waals surface area contributed by atoms with Gasteiger partial charge in [-0.15, -0.1) is 0 Å². The first-order chi connectivity index (χ1) is 7.79. The van der Waals surface area contributed by atoms with Gasteiger partial charge in [-0.05, 0) is 10.6 Å². The van der Waals surface area contributed by atoms with E-state index in [0.717, 1.165) is 0 Å². The van der Waals surface area contributed by atoms with E-state index >= 15 is 0 Å². The number of benzene rings is 2. The molecule has 0 aliphatic rings. The SMILES string of the molecule is C[Si](C)P(c1ccccc1)c1ccccc1. The van der Waals surface area contributed by atoms with Crippen LogP contribution in [-0.4, -0.2) is 8.46 Å². The lowest BCUT2D eigenvalue weighted by Gasteiger charge is -2.21. The number of hydrogen-bond acceptors (Lipinski definition) is 0. The standard InChI is InChI=1S/C14H16PSi/c1-16(2)15(13-9-5-3-6-10-13)14-11-7-4-8-12-14/h3-12H,1-2H3. The molecule has 2 rings (SSSR count). The van der Waals surface area contributed by atoms with Crippen LogP contribution >= 0.6 is 7.47 Å². The summed E-state index contributed by atoms with van der Waals surface area (Å²) in [5.74, 6) is 0. The molecule has 0 bridgehead atoms. The van der Waals surface area contributed by atoms with Crippen molar-refractivity contribution in [1.82, 2.24) is 0 Å². The Morgan fingerprint density at radius 1 is 0.688 bits per heavy atom. The predicted octanol–water partition coefficient (Wildman–Crippen LogP) is 3.37. The van der Waals surface area contributed by atoms with Crippen molar-refractivity contribution in [2.75, 3.05) is 0 Å². The highest BCUT2D eigenvalue weighted by Crippen LogP contribution is 2.36. The Balaban J connectivity index is 2.40. The van der Waals surface area contributed by atoms with E-state index in [1.54, 1.807) is 0 Å². The molecule has 1 radical (unpaired) electrons. The van der Waals surface area contributed by atoms with Crippen molar-refractivity contribution in [3.63, 3.8) is 0 Å². The molecule has 0 fully saturated rings. The summed E-state index contributed by atoms with van der Waals surface area (Å²) in [5, 5.41) is 3.03. The van der Waals surface area contributed by atoms with E-state index in [9.17, 15) is 0 Å². The molecule has 0 unspecified atom stereocenters. The summed E-state index contributed by atoms with van der Waals surface area (Å²) in [5.41, 5.74) is 0. The van der Waals surface area contributed by atoms with Crippen LogP contribution in [0.15, 0.2) is 60.7 Å². The maximum absolute atomic E-state index is 2.41. The molecule has 2 heteroatoms. The van der Waals surface area contributed by atoms with Gasteiger partial charge in [0, 0.05) is 0 Å². The molecule has 0 heterocycles. The topological polar surface area (TPSA) is 0 Å². The van der Waals surface area contributed by atoms with Gasteiger partial charge in [0.15, 0.2) is 0 Å². The Morgan fingerprint density at radius 2 is 1.06 bits per heavy atom.